The summed E-state index contributed by atoms with van der Waals surface area (Å²) in [6.07, 6.45) is 0.0419. The summed E-state index contributed by atoms with van der Waals surface area (Å²) < 4.78 is 11.2. The van der Waals surface area contributed by atoms with E-state index in [1.165, 1.54) is 0 Å². The maximum Gasteiger partial charge on any atom is 0.335 e. The molecule has 0 aliphatic carbocycles. The van der Waals surface area contributed by atoms with Crippen LogP contribution in [0, 0.1) is 0 Å². The van der Waals surface area contributed by atoms with Crippen LogP contribution in [0.3, 0.4) is 0 Å². The predicted octanol–water partition coefficient (Wildman–Crippen LogP) is 2.95. The highest BCUT2D eigenvalue weighted by Crippen LogP contribution is 2.21. The molecule has 0 radical (unpaired) electrons. The van der Waals surface area contributed by atoms with Crippen LogP contribution in [0.25, 0.3) is 0 Å². The second-order valence-electron chi connectivity index (χ2n) is 6.70. The van der Waals surface area contributed by atoms with Crippen LogP contribution in [0.4, 0.5) is 5.69 Å². The number of anilines is 1. The third-order valence-corrected chi connectivity index (χ3v) is 4.84. The molecule has 6 heteroatoms. The molecule has 2 aromatic carbocycles. The van der Waals surface area contributed by atoms with Crippen molar-refractivity contribution in [2.45, 2.75) is 19.1 Å². The zero-order valence-corrected chi connectivity index (χ0v) is 15.7. The van der Waals surface area contributed by atoms with Crippen molar-refractivity contribution in [3.8, 4) is 5.75 Å². The molecule has 0 saturated carbocycles. The fourth-order valence-electron chi connectivity index (χ4n) is 3.25. The predicted molar refractivity (Wildman–Crippen MR) is 105 cm³/mol. The maximum atomic E-state index is 11.2. The van der Waals surface area contributed by atoms with E-state index < -0.39 is 5.97 Å². The van der Waals surface area contributed by atoms with Crippen LogP contribution in [-0.4, -0.2) is 50.5 Å². The third kappa shape index (κ3) is 4.99. The summed E-state index contributed by atoms with van der Waals surface area (Å²) in [5.41, 5.74) is 2.39. The molecule has 1 fully saturated rings. The van der Waals surface area contributed by atoms with Crippen molar-refractivity contribution in [3.63, 3.8) is 0 Å². The van der Waals surface area contributed by atoms with Gasteiger partial charge in [0.15, 0.2) is 0 Å². The lowest BCUT2D eigenvalue weighted by atomic mass is 10.1. The first-order valence-corrected chi connectivity index (χ1v) is 9.14. The molecule has 144 valence electrons. The third-order valence-electron chi connectivity index (χ3n) is 4.84. The van der Waals surface area contributed by atoms with Gasteiger partial charge in [0.05, 0.1) is 25.4 Å². The minimum absolute atomic E-state index is 0.0419. The van der Waals surface area contributed by atoms with Gasteiger partial charge in [-0.05, 0) is 42.8 Å². The molecule has 2 N–H and O–H groups in total. The van der Waals surface area contributed by atoms with E-state index in [4.69, 9.17) is 9.47 Å². The molecule has 0 aromatic heterocycles. The number of methoxy groups -OCH3 is 1. The van der Waals surface area contributed by atoms with Gasteiger partial charge in [-0.15, -0.1) is 0 Å². The van der Waals surface area contributed by atoms with Gasteiger partial charge in [0.2, 0.25) is 0 Å². The van der Waals surface area contributed by atoms with Gasteiger partial charge in [0, 0.05) is 31.4 Å². The number of carboxylic acid groups (broad SMARTS) is 1. The molecular formula is C21H26N2O4. The topological polar surface area (TPSA) is 71.0 Å². The van der Waals surface area contributed by atoms with Gasteiger partial charge in [0.1, 0.15) is 5.75 Å². The highest BCUT2D eigenvalue weighted by molar-refractivity contribution is 5.88. The molecule has 3 rings (SSSR count). The molecule has 2 atom stereocenters. The van der Waals surface area contributed by atoms with Crippen molar-refractivity contribution in [2.75, 3.05) is 38.3 Å². The smallest absolute Gasteiger partial charge is 0.335 e. The molecule has 2 aromatic rings. The normalized spacial score (nSPS) is 18.1. The van der Waals surface area contributed by atoms with Gasteiger partial charge >= 0.3 is 5.97 Å². The van der Waals surface area contributed by atoms with Gasteiger partial charge in [0.25, 0.3) is 0 Å². The summed E-state index contributed by atoms with van der Waals surface area (Å²) >= 11 is 0. The summed E-state index contributed by atoms with van der Waals surface area (Å²) in [7, 11) is 1.67. The monoisotopic (exact) mass is 370 g/mol. The second kappa shape index (κ2) is 8.88. The number of rotatable bonds is 7. The highest BCUT2D eigenvalue weighted by Gasteiger charge is 2.22. The Kier molecular flexibility index (Phi) is 6.32. The second-order valence-corrected chi connectivity index (χ2v) is 6.70. The number of carboxylic acids is 1. The SMILES string of the molecule is COc1cccc(C(C)NCC2CN(c3cccc(C(=O)O)c3)CCO2)c1. The number of nitrogens with zero attached hydrogens (tertiary/aromatic N) is 1. The lowest BCUT2D eigenvalue weighted by Crippen LogP contribution is -2.47. The van der Waals surface area contributed by atoms with Crippen LogP contribution in [0.2, 0.25) is 0 Å². The van der Waals surface area contributed by atoms with Gasteiger partial charge in [-0.25, -0.2) is 4.79 Å². The number of morpholine rings is 1. The van der Waals surface area contributed by atoms with Crippen molar-refractivity contribution >= 4 is 11.7 Å². The van der Waals surface area contributed by atoms with Gasteiger partial charge in [-0.3, -0.25) is 0 Å². The molecule has 0 spiro atoms. The molecule has 2 unspecified atom stereocenters. The summed E-state index contributed by atoms with van der Waals surface area (Å²) in [6, 6.07) is 15.3. The van der Waals surface area contributed by atoms with Crippen LogP contribution >= 0.6 is 0 Å². The van der Waals surface area contributed by atoms with Crippen LogP contribution in [0.5, 0.6) is 5.75 Å². The molecule has 1 saturated heterocycles. The van der Waals surface area contributed by atoms with Crippen LogP contribution in [-0.2, 0) is 4.74 Å². The fourth-order valence-corrected chi connectivity index (χ4v) is 3.25. The number of hydrogen-bond donors (Lipinski definition) is 2. The van der Waals surface area contributed by atoms with Crippen molar-refractivity contribution < 1.29 is 19.4 Å². The number of nitrogens with one attached hydrogen (secondary N) is 1. The first-order chi connectivity index (χ1) is 13.1. The fraction of sp³-hybridized carbons (Fsp3) is 0.381. The standard InChI is InChI=1S/C21H26N2O4/c1-15(16-5-4-8-19(12-16)26-2)22-13-20-14-23(9-10-27-20)18-7-3-6-17(11-18)21(24)25/h3-8,11-12,15,20,22H,9-10,13-14H2,1-2H3,(H,24,25). The van der Waals surface area contributed by atoms with E-state index in [0.717, 1.165) is 30.1 Å². The van der Waals surface area contributed by atoms with Crippen molar-refractivity contribution in [1.29, 1.82) is 0 Å². The highest BCUT2D eigenvalue weighted by atomic mass is 16.5. The van der Waals surface area contributed by atoms with Crippen molar-refractivity contribution in [2.24, 2.45) is 0 Å². The van der Waals surface area contributed by atoms with E-state index in [-0.39, 0.29) is 12.1 Å². The Morgan fingerprint density at radius 3 is 2.93 bits per heavy atom. The van der Waals surface area contributed by atoms with E-state index >= 15 is 0 Å². The van der Waals surface area contributed by atoms with E-state index in [1.807, 2.05) is 24.3 Å². The largest absolute Gasteiger partial charge is 0.497 e. The van der Waals surface area contributed by atoms with Crippen LogP contribution < -0.4 is 15.0 Å². The first-order valence-electron chi connectivity index (χ1n) is 9.14. The zero-order chi connectivity index (χ0) is 19.2. The van der Waals surface area contributed by atoms with Gasteiger partial charge in [-0.2, -0.15) is 0 Å². The Labute approximate surface area is 159 Å². The Morgan fingerprint density at radius 2 is 2.15 bits per heavy atom. The summed E-state index contributed by atoms with van der Waals surface area (Å²) in [5.74, 6) is -0.0602. The van der Waals surface area contributed by atoms with Crippen molar-refractivity contribution in [3.05, 3.63) is 59.7 Å². The van der Waals surface area contributed by atoms with Gasteiger partial charge < -0.3 is 24.8 Å². The average molecular weight is 370 g/mol. The molecular weight excluding hydrogens is 344 g/mol. The quantitative estimate of drug-likeness (QED) is 0.781. The molecule has 27 heavy (non-hydrogen) atoms. The van der Waals surface area contributed by atoms with Gasteiger partial charge in [-0.1, -0.05) is 18.2 Å². The Bertz CT molecular complexity index is 780. The molecule has 1 heterocycles. The molecule has 0 amide bonds. The molecule has 6 nitrogen and oxygen atoms in total. The van der Waals surface area contributed by atoms with Crippen LogP contribution in [0.15, 0.2) is 48.5 Å². The lowest BCUT2D eigenvalue weighted by Gasteiger charge is -2.35. The lowest BCUT2D eigenvalue weighted by molar-refractivity contribution is 0.0394. The molecule has 0 bridgehead atoms. The minimum Gasteiger partial charge on any atom is -0.497 e. The van der Waals surface area contributed by atoms with Crippen LogP contribution in [0.1, 0.15) is 28.9 Å². The van der Waals surface area contributed by atoms with E-state index in [0.29, 0.717) is 18.7 Å². The number of carbonyl (C=O) groups is 1. The number of benzene rings is 2. The summed E-state index contributed by atoms with van der Waals surface area (Å²) in [5, 5.41) is 12.7. The summed E-state index contributed by atoms with van der Waals surface area (Å²) in [6.45, 7) is 4.93. The first kappa shape index (κ1) is 19.2. The minimum atomic E-state index is -0.907. The number of ether oxygens (including phenoxy) is 2. The van der Waals surface area contributed by atoms with E-state index in [9.17, 15) is 9.90 Å². The average Bonchev–Trinajstić information content (AvgIpc) is 2.72. The van der Waals surface area contributed by atoms with Crippen molar-refractivity contribution in [1.82, 2.24) is 5.32 Å². The summed E-state index contributed by atoms with van der Waals surface area (Å²) in [4.78, 5) is 13.4. The van der Waals surface area contributed by atoms with E-state index in [2.05, 4.69) is 23.2 Å². The zero-order valence-electron chi connectivity index (χ0n) is 15.7. The Hall–Kier alpha value is -2.57. The molecule has 1 aliphatic rings. The number of aromatic carboxylic acids is 1. The van der Waals surface area contributed by atoms with E-state index in [1.54, 1.807) is 25.3 Å². The number of hydrogen-bond acceptors (Lipinski definition) is 5. The molecule has 1 aliphatic heterocycles. The maximum absolute atomic E-state index is 11.2. The Balaban J connectivity index is 1.58. The Morgan fingerprint density at radius 1 is 1.33 bits per heavy atom.